The molecule has 0 heterocycles. The Bertz CT molecular complexity index is 692. The molecule has 4 nitrogen and oxygen atoms in total. The zero-order chi connectivity index (χ0) is 16.7. The van der Waals surface area contributed by atoms with E-state index in [1.165, 1.54) is 6.07 Å². The Morgan fingerprint density at radius 1 is 1.12 bits per heavy atom. The molecule has 0 unspecified atom stereocenters. The second kappa shape index (κ2) is 10.1. The lowest BCUT2D eigenvalue weighted by Gasteiger charge is -2.12. The third-order valence-electron chi connectivity index (χ3n) is 3.36. The van der Waals surface area contributed by atoms with E-state index in [9.17, 15) is 9.50 Å². The fourth-order valence-electron chi connectivity index (χ4n) is 2.17. The number of guanidine groups is 1. The van der Waals surface area contributed by atoms with Gasteiger partial charge < -0.3 is 15.7 Å². The first kappa shape index (κ1) is 20.2. The molecule has 3 N–H and O–H groups in total. The van der Waals surface area contributed by atoms with Gasteiger partial charge in [0.2, 0.25) is 0 Å². The van der Waals surface area contributed by atoms with E-state index in [4.69, 9.17) is 0 Å². The van der Waals surface area contributed by atoms with Gasteiger partial charge in [-0.2, -0.15) is 0 Å². The highest BCUT2D eigenvalue weighted by Gasteiger charge is 2.02. The van der Waals surface area contributed by atoms with Crippen LogP contribution in [0.5, 0.6) is 5.75 Å². The van der Waals surface area contributed by atoms with E-state index in [0.717, 1.165) is 17.7 Å². The molecule has 2 aromatic rings. The summed E-state index contributed by atoms with van der Waals surface area (Å²) in [4.78, 5) is 4.49. The predicted octanol–water partition coefficient (Wildman–Crippen LogP) is 3.71. The molecule has 0 atom stereocenters. The number of aryl methyl sites for hydroxylation is 1. The van der Waals surface area contributed by atoms with Crippen LogP contribution in [0.3, 0.4) is 0 Å². The summed E-state index contributed by atoms with van der Waals surface area (Å²) in [5, 5.41) is 15.9. The number of phenolic OH excluding ortho intramolecular Hbond substituents is 1. The summed E-state index contributed by atoms with van der Waals surface area (Å²) in [6.45, 7) is 5.51. The molecule has 0 radical (unpaired) electrons. The molecule has 0 fully saturated rings. The van der Waals surface area contributed by atoms with Crippen molar-refractivity contribution in [1.82, 2.24) is 10.6 Å². The number of rotatable bonds is 5. The maximum Gasteiger partial charge on any atom is 0.191 e. The molecule has 130 valence electrons. The topological polar surface area (TPSA) is 56.7 Å². The standard InChI is InChI=1S/C18H22FN3O.HI/c1-3-20-18(21-11-14-5-4-6-16(23)10-14)22-12-15-7-8-17(19)13(2)9-15;/h4-10,23H,3,11-12H2,1-2H3,(H2,20,21,22);1H. The minimum absolute atomic E-state index is 0. The Morgan fingerprint density at radius 3 is 2.58 bits per heavy atom. The number of aliphatic imine (C=N–C) groups is 1. The van der Waals surface area contributed by atoms with Crippen LogP contribution in [0.2, 0.25) is 0 Å². The lowest BCUT2D eigenvalue weighted by molar-refractivity contribution is 0.474. The lowest BCUT2D eigenvalue weighted by atomic mass is 10.1. The quantitative estimate of drug-likeness (QED) is 0.375. The number of aromatic hydroxyl groups is 1. The van der Waals surface area contributed by atoms with Crippen LogP contribution in [0.25, 0.3) is 0 Å². The Hall–Kier alpha value is -1.83. The van der Waals surface area contributed by atoms with E-state index in [1.54, 1.807) is 31.2 Å². The highest BCUT2D eigenvalue weighted by Crippen LogP contribution is 2.12. The summed E-state index contributed by atoms with van der Waals surface area (Å²) in [6.07, 6.45) is 0. The molecule has 0 aliphatic carbocycles. The van der Waals surface area contributed by atoms with Crippen LogP contribution < -0.4 is 10.6 Å². The Balaban J connectivity index is 0.00000288. The number of halogens is 2. The maximum absolute atomic E-state index is 13.3. The molecule has 24 heavy (non-hydrogen) atoms. The monoisotopic (exact) mass is 443 g/mol. The van der Waals surface area contributed by atoms with Crippen molar-refractivity contribution in [3.05, 3.63) is 65.0 Å². The normalized spacial score (nSPS) is 10.9. The van der Waals surface area contributed by atoms with E-state index in [-0.39, 0.29) is 35.5 Å². The summed E-state index contributed by atoms with van der Waals surface area (Å²) in [5.74, 6) is 0.716. The van der Waals surface area contributed by atoms with Crippen LogP contribution in [-0.2, 0) is 13.1 Å². The van der Waals surface area contributed by atoms with Crippen molar-refractivity contribution in [2.24, 2.45) is 4.99 Å². The molecule has 0 bridgehead atoms. The molecule has 0 spiro atoms. The largest absolute Gasteiger partial charge is 0.508 e. The molecule has 0 aliphatic heterocycles. The zero-order valence-electron chi connectivity index (χ0n) is 13.8. The van der Waals surface area contributed by atoms with Gasteiger partial charge in [0.15, 0.2) is 5.96 Å². The van der Waals surface area contributed by atoms with Crippen molar-refractivity contribution in [1.29, 1.82) is 0 Å². The van der Waals surface area contributed by atoms with Gasteiger partial charge >= 0.3 is 0 Å². The van der Waals surface area contributed by atoms with Crippen molar-refractivity contribution in [3.8, 4) is 5.75 Å². The molecular formula is C18H23FIN3O. The number of benzene rings is 2. The Morgan fingerprint density at radius 2 is 1.92 bits per heavy atom. The van der Waals surface area contributed by atoms with Crippen LogP contribution in [0.15, 0.2) is 47.5 Å². The zero-order valence-corrected chi connectivity index (χ0v) is 16.2. The summed E-state index contributed by atoms with van der Waals surface area (Å²) in [5.41, 5.74) is 2.55. The average molecular weight is 443 g/mol. The minimum atomic E-state index is -0.196. The molecule has 0 saturated carbocycles. The maximum atomic E-state index is 13.3. The van der Waals surface area contributed by atoms with Crippen LogP contribution in [-0.4, -0.2) is 17.6 Å². The molecule has 0 saturated heterocycles. The first-order chi connectivity index (χ1) is 11.1. The van der Waals surface area contributed by atoms with Gasteiger partial charge in [-0.3, -0.25) is 0 Å². The van der Waals surface area contributed by atoms with Gasteiger partial charge in [-0.1, -0.05) is 24.3 Å². The van der Waals surface area contributed by atoms with Gasteiger partial charge in [0.1, 0.15) is 11.6 Å². The van der Waals surface area contributed by atoms with E-state index in [2.05, 4.69) is 15.6 Å². The molecule has 0 aromatic heterocycles. The molecule has 2 aromatic carbocycles. The fourth-order valence-corrected chi connectivity index (χ4v) is 2.17. The number of nitrogens with zero attached hydrogens (tertiary/aromatic N) is 1. The highest BCUT2D eigenvalue weighted by atomic mass is 127. The summed E-state index contributed by atoms with van der Waals surface area (Å²) in [7, 11) is 0. The smallest absolute Gasteiger partial charge is 0.191 e. The number of hydrogen-bond donors (Lipinski definition) is 3. The van der Waals surface area contributed by atoms with Crippen molar-refractivity contribution in [2.45, 2.75) is 26.9 Å². The van der Waals surface area contributed by atoms with Gasteiger partial charge in [0.05, 0.1) is 6.54 Å². The van der Waals surface area contributed by atoms with Gasteiger partial charge in [0, 0.05) is 13.1 Å². The van der Waals surface area contributed by atoms with Crippen LogP contribution >= 0.6 is 24.0 Å². The van der Waals surface area contributed by atoms with Crippen molar-refractivity contribution >= 4 is 29.9 Å². The third-order valence-corrected chi connectivity index (χ3v) is 3.36. The summed E-state index contributed by atoms with van der Waals surface area (Å²) in [6, 6.07) is 12.1. The summed E-state index contributed by atoms with van der Waals surface area (Å²) >= 11 is 0. The van der Waals surface area contributed by atoms with Crippen LogP contribution in [0.1, 0.15) is 23.6 Å². The first-order valence-electron chi connectivity index (χ1n) is 7.63. The van der Waals surface area contributed by atoms with E-state index in [1.807, 2.05) is 19.1 Å². The van der Waals surface area contributed by atoms with E-state index in [0.29, 0.717) is 24.6 Å². The summed E-state index contributed by atoms with van der Waals surface area (Å²) < 4.78 is 13.3. The first-order valence-corrected chi connectivity index (χ1v) is 7.63. The van der Waals surface area contributed by atoms with Gasteiger partial charge in [0.25, 0.3) is 0 Å². The van der Waals surface area contributed by atoms with Crippen LogP contribution in [0.4, 0.5) is 4.39 Å². The van der Waals surface area contributed by atoms with Gasteiger partial charge in [-0.05, 0) is 48.7 Å². The number of nitrogens with one attached hydrogen (secondary N) is 2. The van der Waals surface area contributed by atoms with Crippen molar-refractivity contribution < 1.29 is 9.50 Å². The minimum Gasteiger partial charge on any atom is -0.508 e. The van der Waals surface area contributed by atoms with Crippen molar-refractivity contribution in [2.75, 3.05) is 6.54 Å². The van der Waals surface area contributed by atoms with E-state index < -0.39 is 0 Å². The van der Waals surface area contributed by atoms with Crippen molar-refractivity contribution in [3.63, 3.8) is 0 Å². The lowest BCUT2D eigenvalue weighted by Crippen LogP contribution is -2.36. The molecular weight excluding hydrogens is 420 g/mol. The van der Waals surface area contributed by atoms with Gasteiger partial charge in [-0.15, -0.1) is 24.0 Å². The molecule has 0 aliphatic rings. The Kier molecular flexibility index (Phi) is 8.53. The molecule has 6 heteroatoms. The predicted molar refractivity (Wildman–Crippen MR) is 106 cm³/mol. The fraction of sp³-hybridized carbons (Fsp3) is 0.278. The Labute approximate surface area is 159 Å². The second-order valence-electron chi connectivity index (χ2n) is 5.30. The highest BCUT2D eigenvalue weighted by molar-refractivity contribution is 14.0. The average Bonchev–Trinajstić information content (AvgIpc) is 2.53. The third kappa shape index (κ3) is 6.35. The molecule has 2 rings (SSSR count). The SMILES string of the molecule is CCNC(=NCc1cccc(O)c1)NCc1ccc(F)c(C)c1.I. The number of hydrogen-bond acceptors (Lipinski definition) is 2. The van der Waals surface area contributed by atoms with Gasteiger partial charge in [-0.25, -0.2) is 9.38 Å². The van der Waals surface area contributed by atoms with E-state index >= 15 is 0 Å². The second-order valence-corrected chi connectivity index (χ2v) is 5.30. The number of phenols is 1. The molecule has 0 amide bonds. The van der Waals surface area contributed by atoms with Crippen LogP contribution in [0, 0.1) is 12.7 Å².